The maximum absolute atomic E-state index is 12.8. The average molecular weight is 303 g/mol. The van der Waals surface area contributed by atoms with Gasteiger partial charge in [-0.1, -0.05) is 80.9 Å². The third-order valence-corrected chi connectivity index (χ3v) is 3.96. The van der Waals surface area contributed by atoms with Gasteiger partial charge in [0, 0.05) is 6.42 Å². The number of benzene rings is 2. The van der Waals surface area contributed by atoms with Crippen LogP contribution in [0.1, 0.15) is 44.2 Å². The Morgan fingerprint density at radius 2 is 1.29 bits per heavy atom. The van der Waals surface area contributed by atoms with E-state index in [1.807, 2.05) is 43.3 Å². The van der Waals surface area contributed by atoms with Crippen molar-refractivity contribution in [3.05, 3.63) is 71.8 Å². The zero-order chi connectivity index (χ0) is 14.4. The highest BCUT2D eigenvalue weighted by Crippen LogP contribution is 2.38. The zero-order valence-electron chi connectivity index (χ0n) is 12.7. The lowest BCUT2D eigenvalue weighted by atomic mass is 9.68. The van der Waals surface area contributed by atoms with E-state index in [9.17, 15) is 4.79 Å². The van der Waals surface area contributed by atoms with Crippen molar-refractivity contribution in [2.75, 3.05) is 0 Å². The lowest BCUT2D eigenvalue weighted by Gasteiger charge is -2.33. The molecule has 0 N–H and O–H groups in total. The second kappa shape index (κ2) is 7.99. The minimum Gasteiger partial charge on any atom is -0.298 e. The third kappa shape index (κ3) is 3.36. The number of hydrogen-bond acceptors (Lipinski definition) is 1. The summed E-state index contributed by atoms with van der Waals surface area (Å²) in [4.78, 5) is 12.8. The first-order chi connectivity index (χ1) is 9.75. The molecule has 2 heteroatoms. The van der Waals surface area contributed by atoms with Gasteiger partial charge in [-0.05, 0) is 17.5 Å². The highest BCUT2D eigenvalue weighted by atomic mass is 35.5. The fraction of sp³-hybridized carbons (Fsp3) is 0.316. The standard InChI is InChI=1S/C19H22O.ClH/c1-3-15-19(18(20)4-2,16-11-7-5-8-12-16)17-13-9-6-10-14-17;/h5-14H,3-4,15H2,1-2H3;1H. The summed E-state index contributed by atoms with van der Waals surface area (Å²) in [6.45, 7) is 4.10. The van der Waals surface area contributed by atoms with Crippen LogP contribution in [0.15, 0.2) is 60.7 Å². The molecule has 0 unspecified atom stereocenters. The van der Waals surface area contributed by atoms with Crippen LogP contribution < -0.4 is 0 Å². The van der Waals surface area contributed by atoms with E-state index in [1.165, 1.54) is 0 Å². The molecule has 0 saturated carbocycles. The molecule has 0 aliphatic carbocycles. The van der Waals surface area contributed by atoms with Crippen molar-refractivity contribution < 1.29 is 4.79 Å². The molecule has 0 saturated heterocycles. The number of carbonyl (C=O) groups excluding carboxylic acids is 1. The van der Waals surface area contributed by atoms with E-state index in [-0.39, 0.29) is 12.4 Å². The van der Waals surface area contributed by atoms with Gasteiger partial charge in [0.1, 0.15) is 5.78 Å². The maximum atomic E-state index is 12.8. The summed E-state index contributed by atoms with van der Waals surface area (Å²) in [6.07, 6.45) is 2.40. The Bertz CT molecular complexity index is 509. The minimum atomic E-state index is -0.494. The summed E-state index contributed by atoms with van der Waals surface area (Å²) < 4.78 is 0. The van der Waals surface area contributed by atoms with Crippen molar-refractivity contribution in [3.63, 3.8) is 0 Å². The molecule has 0 spiro atoms. The van der Waals surface area contributed by atoms with E-state index < -0.39 is 5.41 Å². The second-order valence-electron chi connectivity index (χ2n) is 5.16. The highest BCUT2D eigenvalue weighted by Gasteiger charge is 2.39. The summed E-state index contributed by atoms with van der Waals surface area (Å²) in [5.41, 5.74) is 1.73. The largest absolute Gasteiger partial charge is 0.298 e. The average Bonchev–Trinajstić information content (AvgIpc) is 2.53. The van der Waals surface area contributed by atoms with Crippen molar-refractivity contribution in [1.29, 1.82) is 0 Å². The third-order valence-electron chi connectivity index (χ3n) is 3.96. The van der Waals surface area contributed by atoms with Gasteiger partial charge < -0.3 is 0 Å². The lowest BCUT2D eigenvalue weighted by molar-refractivity contribution is -0.123. The first-order valence-corrected chi connectivity index (χ1v) is 7.40. The van der Waals surface area contributed by atoms with Crippen LogP contribution >= 0.6 is 12.4 Å². The van der Waals surface area contributed by atoms with Gasteiger partial charge in [-0.25, -0.2) is 0 Å². The molecule has 2 aromatic carbocycles. The molecular formula is C19H23ClO. The molecule has 0 aliphatic heterocycles. The molecule has 0 heterocycles. The number of Topliss-reactive ketones (excluding diaryl/α,β-unsaturated/α-hetero) is 1. The minimum absolute atomic E-state index is 0. The van der Waals surface area contributed by atoms with Crippen LogP contribution in [-0.4, -0.2) is 5.78 Å². The SMILES string of the molecule is CCCC(C(=O)CC)(c1ccccc1)c1ccccc1.Cl. The predicted octanol–water partition coefficient (Wildman–Crippen LogP) is 5.17. The van der Waals surface area contributed by atoms with Crippen LogP contribution in [0.5, 0.6) is 0 Å². The zero-order valence-corrected chi connectivity index (χ0v) is 13.5. The van der Waals surface area contributed by atoms with Gasteiger partial charge in [0.25, 0.3) is 0 Å². The molecule has 21 heavy (non-hydrogen) atoms. The lowest BCUT2D eigenvalue weighted by Crippen LogP contribution is -2.36. The van der Waals surface area contributed by atoms with Crippen molar-refractivity contribution in [3.8, 4) is 0 Å². The van der Waals surface area contributed by atoms with Gasteiger partial charge >= 0.3 is 0 Å². The molecule has 112 valence electrons. The molecule has 0 atom stereocenters. The number of rotatable bonds is 6. The van der Waals surface area contributed by atoms with E-state index in [4.69, 9.17) is 0 Å². The Morgan fingerprint density at radius 3 is 1.62 bits per heavy atom. The summed E-state index contributed by atoms with van der Waals surface area (Å²) in [7, 11) is 0. The van der Waals surface area contributed by atoms with E-state index >= 15 is 0 Å². The van der Waals surface area contributed by atoms with Gasteiger partial charge in [0.15, 0.2) is 0 Å². The van der Waals surface area contributed by atoms with Crippen molar-refractivity contribution in [2.24, 2.45) is 0 Å². The van der Waals surface area contributed by atoms with E-state index in [0.717, 1.165) is 24.0 Å². The first-order valence-electron chi connectivity index (χ1n) is 7.40. The number of ketones is 1. The van der Waals surface area contributed by atoms with Crippen molar-refractivity contribution in [2.45, 2.75) is 38.5 Å². The molecule has 0 aliphatic rings. The van der Waals surface area contributed by atoms with E-state index in [2.05, 4.69) is 31.2 Å². The van der Waals surface area contributed by atoms with Gasteiger partial charge in [0.05, 0.1) is 5.41 Å². The van der Waals surface area contributed by atoms with Crippen LogP contribution in [0.2, 0.25) is 0 Å². The van der Waals surface area contributed by atoms with Crippen LogP contribution in [0.25, 0.3) is 0 Å². The fourth-order valence-corrected chi connectivity index (χ4v) is 3.04. The fourth-order valence-electron chi connectivity index (χ4n) is 3.04. The highest BCUT2D eigenvalue weighted by molar-refractivity contribution is 5.93. The normalized spacial score (nSPS) is 10.8. The molecule has 2 rings (SSSR count). The molecule has 1 nitrogen and oxygen atoms in total. The number of halogens is 1. The Labute approximate surface area is 133 Å². The van der Waals surface area contributed by atoms with Crippen LogP contribution in [0.3, 0.4) is 0 Å². The maximum Gasteiger partial charge on any atom is 0.147 e. The number of carbonyl (C=O) groups is 1. The Balaban J connectivity index is 0.00000220. The quantitative estimate of drug-likeness (QED) is 0.719. The predicted molar refractivity (Wildman–Crippen MR) is 91.1 cm³/mol. The molecule has 0 aromatic heterocycles. The van der Waals surface area contributed by atoms with Gasteiger partial charge in [-0.15, -0.1) is 12.4 Å². The Kier molecular flexibility index (Phi) is 6.64. The van der Waals surface area contributed by atoms with Crippen LogP contribution in [-0.2, 0) is 10.2 Å². The first kappa shape index (κ1) is 17.5. The molecule has 0 fully saturated rings. The molecule has 0 radical (unpaired) electrons. The van der Waals surface area contributed by atoms with Gasteiger partial charge in [-0.2, -0.15) is 0 Å². The van der Waals surface area contributed by atoms with Crippen LogP contribution in [0, 0.1) is 0 Å². The molecular weight excluding hydrogens is 280 g/mol. The van der Waals surface area contributed by atoms with Crippen molar-refractivity contribution in [1.82, 2.24) is 0 Å². The smallest absolute Gasteiger partial charge is 0.147 e. The van der Waals surface area contributed by atoms with Crippen LogP contribution in [0.4, 0.5) is 0 Å². The molecule has 0 amide bonds. The van der Waals surface area contributed by atoms with Gasteiger partial charge in [0.2, 0.25) is 0 Å². The summed E-state index contributed by atoms with van der Waals surface area (Å²) in [5.74, 6) is 0.303. The Hall–Kier alpha value is -1.60. The monoisotopic (exact) mass is 302 g/mol. The Morgan fingerprint density at radius 1 is 0.857 bits per heavy atom. The summed E-state index contributed by atoms with van der Waals surface area (Å²) in [5, 5.41) is 0. The van der Waals surface area contributed by atoms with Gasteiger partial charge in [-0.3, -0.25) is 4.79 Å². The molecule has 2 aromatic rings. The number of hydrogen-bond donors (Lipinski definition) is 0. The van der Waals surface area contributed by atoms with E-state index in [0.29, 0.717) is 12.2 Å². The molecule has 0 bridgehead atoms. The van der Waals surface area contributed by atoms with E-state index in [1.54, 1.807) is 0 Å². The summed E-state index contributed by atoms with van der Waals surface area (Å²) in [6, 6.07) is 20.4. The topological polar surface area (TPSA) is 17.1 Å². The van der Waals surface area contributed by atoms with Crippen molar-refractivity contribution >= 4 is 18.2 Å². The summed E-state index contributed by atoms with van der Waals surface area (Å²) >= 11 is 0. The second-order valence-corrected chi connectivity index (χ2v) is 5.16.